The second-order valence-corrected chi connectivity index (χ2v) is 10.0. The van der Waals surface area contributed by atoms with Crippen molar-refractivity contribution in [2.45, 2.75) is 6.10 Å². The number of hydrogen-bond donors (Lipinski definition) is 2. The Hall–Kier alpha value is -4.71. The van der Waals surface area contributed by atoms with Crippen molar-refractivity contribution in [1.82, 2.24) is 4.57 Å². The van der Waals surface area contributed by atoms with Gasteiger partial charge in [0.15, 0.2) is 6.10 Å². The molecule has 41 heavy (non-hydrogen) atoms. The number of aromatic carboxylic acids is 1. The van der Waals surface area contributed by atoms with Crippen molar-refractivity contribution in [1.29, 1.82) is 0 Å². The van der Waals surface area contributed by atoms with Gasteiger partial charge in [0.25, 0.3) is 0 Å². The lowest BCUT2D eigenvalue weighted by Crippen LogP contribution is -2.25. The van der Waals surface area contributed by atoms with E-state index in [1.165, 1.54) is 0 Å². The zero-order valence-corrected chi connectivity index (χ0v) is 22.0. The molecule has 1 fully saturated rings. The Balaban J connectivity index is 1.49. The van der Waals surface area contributed by atoms with E-state index in [0.717, 1.165) is 28.5 Å². The first-order valence-corrected chi connectivity index (χ1v) is 12.7. The summed E-state index contributed by atoms with van der Waals surface area (Å²) in [5.74, 6) is -4.25. The van der Waals surface area contributed by atoms with E-state index in [-0.39, 0.29) is 40.9 Å². The first kappa shape index (κ1) is 26.5. The number of methoxy groups -OCH3 is 1. The Morgan fingerprint density at radius 1 is 1.12 bits per heavy atom. The van der Waals surface area contributed by atoms with Crippen LogP contribution in [0.15, 0.2) is 58.6 Å². The van der Waals surface area contributed by atoms with E-state index >= 15 is 4.39 Å². The smallest absolute Gasteiger partial charge is 0.341 e. The minimum absolute atomic E-state index is 0.0991. The van der Waals surface area contributed by atoms with Gasteiger partial charge in [0.2, 0.25) is 5.43 Å². The van der Waals surface area contributed by atoms with Crippen LogP contribution in [-0.2, 0) is 4.84 Å². The Labute approximate surface area is 234 Å². The molecular formula is C28H20ClF3N4O5. The highest BCUT2D eigenvalue weighted by Gasteiger charge is 2.44. The molecule has 1 aromatic heterocycles. The Morgan fingerprint density at radius 2 is 1.85 bits per heavy atom. The van der Waals surface area contributed by atoms with Crippen LogP contribution in [0, 0.1) is 23.4 Å². The van der Waals surface area contributed by atoms with Crippen molar-refractivity contribution in [3.63, 3.8) is 0 Å². The molecule has 6 rings (SSSR count). The second-order valence-electron chi connectivity index (χ2n) is 9.65. The van der Waals surface area contributed by atoms with Gasteiger partial charge in [-0.1, -0.05) is 16.8 Å². The molecule has 13 heteroatoms. The molecule has 2 atom stereocenters. The van der Waals surface area contributed by atoms with Gasteiger partial charge < -0.3 is 29.9 Å². The number of nitrogens with two attached hydrogens (primary N) is 1. The number of nitrogen functional groups attached to an aromatic ring is 1. The topological polar surface area (TPSA) is 119 Å². The number of carboxylic acids is 1. The molecule has 0 aliphatic carbocycles. The van der Waals surface area contributed by atoms with Crippen LogP contribution in [0.3, 0.4) is 0 Å². The maximum Gasteiger partial charge on any atom is 0.341 e. The van der Waals surface area contributed by atoms with E-state index in [2.05, 4.69) is 5.16 Å². The summed E-state index contributed by atoms with van der Waals surface area (Å²) in [6.07, 6.45) is 0.427. The number of carboxylic acid groups (broad SMARTS) is 1. The summed E-state index contributed by atoms with van der Waals surface area (Å²) in [4.78, 5) is 32.2. The fourth-order valence-corrected chi connectivity index (χ4v) is 5.72. The summed E-state index contributed by atoms with van der Waals surface area (Å²) >= 11 is 6.75. The molecule has 3 N–H and O–H groups in total. The highest BCUT2D eigenvalue weighted by atomic mass is 35.5. The van der Waals surface area contributed by atoms with Gasteiger partial charge in [-0.2, -0.15) is 0 Å². The number of carbonyl (C=O) groups is 1. The summed E-state index contributed by atoms with van der Waals surface area (Å²) in [5, 5.41) is 13.1. The maximum absolute atomic E-state index is 15.7. The number of pyridine rings is 1. The van der Waals surface area contributed by atoms with E-state index in [1.54, 1.807) is 24.1 Å². The molecule has 4 aromatic rings. The summed E-state index contributed by atoms with van der Waals surface area (Å²) in [6.45, 7) is 0.429. The predicted molar refractivity (Wildman–Crippen MR) is 146 cm³/mol. The van der Waals surface area contributed by atoms with Crippen LogP contribution in [0.2, 0.25) is 5.02 Å². The zero-order valence-electron chi connectivity index (χ0n) is 21.2. The SMILES string of the molecule is COc1ccc(C2=NOC3CN(c4c(F)cc5c(=O)c(C(=O)O)cn(-c6cc(N)c(F)cc6F)c5c4Cl)CC23)cc1. The number of rotatable bonds is 5. The van der Waals surface area contributed by atoms with Gasteiger partial charge in [0.1, 0.15) is 28.8 Å². The molecular weight excluding hydrogens is 565 g/mol. The lowest BCUT2D eigenvalue weighted by Gasteiger charge is -2.24. The van der Waals surface area contributed by atoms with Crippen molar-refractivity contribution >= 4 is 45.6 Å². The number of benzene rings is 3. The quantitative estimate of drug-likeness (QED) is 0.329. The fraction of sp³-hybridized carbons (Fsp3) is 0.179. The van der Waals surface area contributed by atoms with Gasteiger partial charge in [0.05, 0.1) is 58.3 Å². The first-order valence-electron chi connectivity index (χ1n) is 12.3. The summed E-state index contributed by atoms with van der Waals surface area (Å²) < 4.78 is 50.8. The van der Waals surface area contributed by atoms with Crippen LogP contribution in [0.25, 0.3) is 16.6 Å². The number of fused-ring (bicyclic) bond motifs is 2. The van der Waals surface area contributed by atoms with Gasteiger partial charge in [0, 0.05) is 24.4 Å². The number of oxime groups is 1. The van der Waals surface area contributed by atoms with Gasteiger partial charge in [-0.15, -0.1) is 0 Å². The van der Waals surface area contributed by atoms with E-state index in [4.69, 9.17) is 26.9 Å². The molecule has 2 aliphatic rings. The fourth-order valence-electron chi connectivity index (χ4n) is 5.32. The van der Waals surface area contributed by atoms with Crippen LogP contribution in [0.1, 0.15) is 15.9 Å². The van der Waals surface area contributed by atoms with Crippen molar-refractivity contribution < 1.29 is 32.6 Å². The number of aromatic nitrogens is 1. The minimum atomic E-state index is -1.63. The van der Waals surface area contributed by atoms with Gasteiger partial charge in [-0.25, -0.2) is 18.0 Å². The van der Waals surface area contributed by atoms with Crippen molar-refractivity contribution in [3.8, 4) is 11.4 Å². The molecule has 3 aromatic carbocycles. The minimum Gasteiger partial charge on any atom is -0.497 e. The summed E-state index contributed by atoms with van der Waals surface area (Å²) in [6, 6.07) is 9.54. The number of nitrogens with zero attached hydrogens (tertiary/aromatic N) is 3. The van der Waals surface area contributed by atoms with Crippen LogP contribution in [0.5, 0.6) is 5.75 Å². The average Bonchev–Trinajstić information content (AvgIpc) is 3.52. The molecule has 0 spiro atoms. The lowest BCUT2D eigenvalue weighted by molar-refractivity contribution is 0.0695. The van der Waals surface area contributed by atoms with Crippen molar-refractivity contribution in [2.24, 2.45) is 11.1 Å². The number of hydrogen-bond acceptors (Lipinski definition) is 7. The monoisotopic (exact) mass is 584 g/mol. The Morgan fingerprint density at radius 3 is 2.54 bits per heavy atom. The maximum atomic E-state index is 15.7. The van der Waals surface area contributed by atoms with Gasteiger partial charge in [-0.3, -0.25) is 4.79 Å². The lowest BCUT2D eigenvalue weighted by atomic mass is 9.95. The largest absolute Gasteiger partial charge is 0.497 e. The van der Waals surface area contributed by atoms with Crippen molar-refractivity contribution in [2.75, 3.05) is 30.8 Å². The highest BCUT2D eigenvalue weighted by molar-refractivity contribution is 6.38. The van der Waals surface area contributed by atoms with Crippen LogP contribution in [0.4, 0.5) is 24.5 Å². The van der Waals surface area contributed by atoms with Crippen molar-refractivity contribution in [3.05, 3.63) is 92.5 Å². The third kappa shape index (κ3) is 4.22. The number of ether oxygens (including phenoxy) is 1. The Bertz CT molecular complexity index is 1840. The third-order valence-electron chi connectivity index (χ3n) is 7.32. The summed E-state index contributed by atoms with van der Waals surface area (Å²) in [5.41, 5.74) is 4.22. The molecule has 0 bridgehead atoms. The molecule has 0 amide bonds. The van der Waals surface area contributed by atoms with Gasteiger partial charge in [-0.05, 0) is 36.4 Å². The molecule has 1 saturated heterocycles. The van der Waals surface area contributed by atoms with Crippen LogP contribution in [-0.4, -0.2) is 47.7 Å². The highest BCUT2D eigenvalue weighted by Crippen LogP contribution is 2.41. The predicted octanol–water partition coefficient (Wildman–Crippen LogP) is 4.59. The molecule has 210 valence electrons. The molecule has 3 heterocycles. The van der Waals surface area contributed by atoms with E-state index in [1.807, 2.05) is 12.1 Å². The summed E-state index contributed by atoms with van der Waals surface area (Å²) in [7, 11) is 1.55. The van der Waals surface area contributed by atoms with Gasteiger partial charge >= 0.3 is 5.97 Å². The zero-order chi connectivity index (χ0) is 29.2. The molecule has 0 radical (unpaired) electrons. The normalized spacial score (nSPS) is 17.9. The standard InChI is InChI=1S/C28H20ClF3N4O5/c1-40-13-4-2-12(3-5-13)24-15-9-35(11-22(15)41-34-24)26-19(32)6-14-25(23(26)29)36(10-16(27(14)37)28(38)39)21-8-20(33)17(30)7-18(21)31/h2-8,10,15,22H,9,11,33H2,1H3,(H,38,39). The number of halogens is 4. The first-order chi connectivity index (χ1) is 19.6. The Kier molecular flexibility index (Phi) is 6.29. The molecule has 2 unspecified atom stereocenters. The van der Waals surface area contributed by atoms with Crippen LogP contribution < -0.4 is 20.8 Å². The second kappa shape index (κ2) is 9.73. The number of anilines is 2. The van der Waals surface area contributed by atoms with Crippen LogP contribution >= 0.6 is 11.6 Å². The van der Waals surface area contributed by atoms with E-state index in [0.29, 0.717) is 17.5 Å². The molecule has 0 saturated carbocycles. The van der Waals surface area contributed by atoms with E-state index in [9.17, 15) is 23.5 Å². The molecule has 2 aliphatic heterocycles. The van der Waals surface area contributed by atoms with E-state index < -0.39 is 51.6 Å². The third-order valence-corrected chi connectivity index (χ3v) is 7.68. The molecule has 9 nitrogen and oxygen atoms in total. The average molecular weight is 585 g/mol.